The van der Waals surface area contributed by atoms with E-state index in [0.717, 1.165) is 6.42 Å². The van der Waals surface area contributed by atoms with Gasteiger partial charge in [-0.05, 0) is 30.5 Å². The summed E-state index contributed by atoms with van der Waals surface area (Å²) in [6.07, 6.45) is 2.24. The second kappa shape index (κ2) is 6.06. The summed E-state index contributed by atoms with van der Waals surface area (Å²) < 4.78 is 32.4. The molecule has 1 aliphatic rings. The van der Waals surface area contributed by atoms with Crippen LogP contribution < -0.4 is 9.46 Å². The first-order chi connectivity index (χ1) is 10.6. The third kappa shape index (κ3) is 2.98. The van der Waals surface area contributed by atoms with Crippen molar-refractivity contribution in [2.75, 3.05) is 13.2 Å². The molecule has 1 heterocycles. The number of aromatic nitrogens is 1. The van der Waals surface area contributed by atoms with Crippen LogP contribution >= 0.6 is 0 Å². The summed E-state index contributed by atoms with van der Waals surface area (Å²) in [5.74, 6) is 0.677. The van der Waals surface area contributed by atoms with E-state index < -0.39 is 10.0 Å². The number of pyridine rings is 1. The van der Waals surface area contributed by atoms with Gasteiger partial charge >= 0.3 is 0 Å². The molecule has 0 aliphatic heterocycles. The van der Waals surface area contributed by atoms with Crippen molar-refractivity contribution in [3.8, 4) is 5.88 Å². The molecule has 3 rings (SSSR count). The SMILES string of the molecule is CCOc1ccc(S(=O)(=O)NCC2Cc3ccccc32)cn1. The molecule has 1 unspecified atom stereocenters. The van der Waals surface area contributed by atoms with Gasteiger partial charge in [0.2, 0.25) is 15.9 Å². The number of fused-ring (bicyclic) bond motifs is 1. The van der Waals surface area contributed by atoms with Gasteiger partial charge in [0.25, 0.3) is 0 Å². The van der Waals surface area contributed by atoms with Gasteiger partial charge in [0.1, 0.15) is 4.90 Å². The van der Waals surface area contributed by atoms with Gasteiger partial charge < -0.3 is 4.74 Å². The van der Waals surface area contributed by atoms with E-state index in [1.54, 1.807) is 6.07 Å². The molecule has 22 heavy (non-hydrogen) atoms. The molecule has 1 aromatic carbocycles. The van der Waals surface area contributed by atoms with Crippen LogP contribution in [0, 0.1) is 0 Å². The Kier molecular flexibility index (Phi) is 4.13. The topological polar surface area (TPSA) is 68.3 Å². The summed E-state index contributed by atoms with van der Waals surface area (Å²) >= 11 is 0. The average Bonchev–Trinajstić information content (AvgIpc) is 2.49. The quantitative estimate of drug-likeness (QED) is 0.885. The molecule has 1 aliphatic carbocycles. The number of nitrogens with zero attached hydrogens (tertiary/aromatic N) is 1. The Morgan fingerprint density at radius 1 is 1.27 bits per heavy atom. The zero-order chi connectivity index (χ0) is 15.6. The Bertz CT molecular complexity index is 757. The number of hydrogen-bond acceptors (Lipinski definition) is 4. The van der Waals surface area contributed by atoms with E-state index in [9.17, 15) is 8.42 Å². The Hall–Kier alpha value is -1.92. The van der Waals surface area contributed by atoms with Crippen LogP contribution in [0.15, 0.2) is 47.5 Å². The van der Waals surface area contributed by atoms with Gasteiger partial charge in [0, 0.05) is 18.5 Å². The lowest BCUT2D eigenvalue weighted by molar-refractivity contribution is 0.326. The van der Waals surface area contributed by atoms with Gasteiger partial charge in [-0.25, -0.2) is 18.1 Å². The van der Waals surface area contributed by atoms with E-state index in [-0.39, 0.29) is 10.8 Å². The summed E-state index contributed by atoms with van der Waals surface area (Å²) in [6, 6.07) is 11.2. The average molecular weight is 318 g/mol. The first-order valence-electron chi connectivity index (χ1n) is 7.26. The number of hydrogen-bond donors (Lipinski definition) is 1. The molecule has 0 saturated carbocycles. The summed E-state index contributed by atoms with van der Waals surface area (Å²) in [5, 5.41) is 0. The van der Waals surface area contributed by atoms with Crippen molar-refractivity contribution in [1.29, 1.82) is 0 Å². The maximum absolute atomic E-state index is 12.3. The number of rotatable bonds is 6. The highest BCUT2D eigenvalue weighted by atomic mass is 32.2. The lowest BCUT2D eigenvalue weighted by Gasteiger charge is -2.30. The van der Waals surface area contributed by atoms with Crippen LogP contribution in [0.2, 0.25) is 0 Å². The van der Waals surface area contributed by atoms with Gasteiger partial charge in [0.15, 0.2) is 0 Å². The molecule has 0 radical (unpaired) electrons. The van der Waals surface area contributed by atoms with Crippen molar-refractivity contribution in [3.05, 3.63) is 53.7 Å². The highest BCUT2D eigenvalue weighted by Gasteiger charge is 2.27. The van der Waals surface area contributed by atoms with Crippen molar-refractivity contribution in [2.24, 2.45) is 0 Å². The van der Waals surface area contributed by atoms with Crippen LogP contribution in [0.1, 0.15) is 24.0 Å². The number of nitrogens with one attached hydrogen (secondary N) is 1. The van der Waals surface area contributed by atoms with Crippen LogP contribution in [0.3, 0.4) is 0 Å². The van der Waals surface area contributed by atoms with Crippen molar-refractivity contribution < 1.29 is 13.2 Å². The fourth-order valence-electron chi connectivity index (χ4n) is 2.60. The van der Waals surface area contributed by atoms with Gasteiger partial charge in [-0.1, -0.05) is 24.3 Å². The predicted octanol–water partition coefficient (Wildman–Crippen LogP) is 2.10. The zero-order valence-corrected chi connectivity index (χ0v) is 13.1. The van der Waals surface area contributed by atoms with Crippen molar-refractivity contribution in [2.45, 2.75) is 24.2 Å². The summed E-state index contributed by atoms with van der Waals surface area (Å²) in [7, 11) is -3.53. The molecule has 5 nitrogen and oxygen atoms in total. The molecule has 2 aromatic rings. The van der Waals surface area contributed by atoms with E-state index in [1.807, 2.05) is 19.1 Å². The second-order valence-corrected chi connectivity index (χ2v) is 6.98. The molecule has 6 heteroatoms. The standard InChI is InChI=1S/C16H18N2O3S/c1-2-21-16-8-7-14(11-17-16)22(19,20)18-10-13-9-12-5-3-4-6-15(12)13/h3-8,11,13,18H,2,9-10H2,1H3. The van der Waals surface area contributed by atoms with E-state index >= 15 is 0 Å². The van der Waals surface area contributed by atoms with Crippen molar-refractivity contribution >= 4 is 10.0 Å². The first-order valence-corrected chi connectivity index (χ1v) is 8.75. The molecule has 0 bridgehead atoms. The van der Waals surface area contributed by atoms with E-state index in [4.69, 9.17) is 4.74 Å². The summed E-state index contributed by atoms with van der Waals surface area (Å²) in [4.78, 5) is 4.15. The minimum Gasteiger partial charge on any atom is -0.478 e. The Balaban J connectivity index is 1.64. The monoisotopic (exact) mass is 318 g/mol. The molecule has 0 spiro atoms. The third-order valence-electron chi connectivity index (χ3n) is 3.79. The maximum Gasteiger partial charge on any atom is 0.242 e. The molecular formula is C16H18N2O3S. The number of sulfonamides is 1. The third-order valence-corrected chi connectivity index (χ3v) is 5.20. The minimum atomic E-state index is -3.53. The number of benzene rings is 1. The Morgan fingerprint density at radius 3 is 2.77 bits per heavy atom. The molecule has 0 fully saturated rings. The molecule has 0 amide bonds. The highest BCUT2D eigenvalue weighted by molar-refractivity contribution is 7.89. The van der Waals surface area contributed by atoms with Crippen LogP contribution in [0.4, 0.5) is 0 Å². The molecule has 116 valence electrons. The Morgan fingerprint density at radius 2 is 2.09 bits per heavy atom. The van der Waals surface area contributed by atoms with Gasteiger partial charge in [-0.15, -0.1) is 0 Å². The lowest BCUT2D eigenvalue weighted by atomic mass is 9.78. The maximum atomic E-state index is 12.3. The molecular weight excluding hydrogens is 300 g/mol. The fourth-order valence-corrected chi connectivity index (χ4v) is 3.62. The largest absolute Gasteiger partial charge is 0.478 e. The van der Waals surface area contributed by atoms with Crippen LogP contribution in [0.5, 0.6) is 5.88 Å². The normalized spacial score (nSPS) is 16.7. The molecule has 0 saturated heterocycles. The Labute approximate surface area is 130 Å². The van der Waals surface area contributed by atoms with Crippen LogP contribution in [-0.2, 0) is 16.4 Å². The second-order valence-electron chi connectivity index (χ2n) is 5.22. The summed E-state index contributed by atoms with van der Waals surface area (Å²) in [5.41, 5.74) is 2.53. The van der Waals surface area contributed by atoms with E-state index in [0.29, 0.717) is 19.0 Å². The smallest absolute Gasteiger partial charge is 0.242 e. The van der Waals surface area contributed by atoms with E-state index in [1.165, 1.54) is 23.4 Å². The van der Waals surface area contributed by atoms with Gasteiger partial charge in [-0.3, -0.25) is 0 Å². The van der Waals surface area contributed by atoms with Crippen molar-refractivity contribution in [1.82, 2.24) is 9.71 Å². The molecule has 1 aromatic heterocycles. The highest BCUT2D eigenvalue weighted by Crippen LogP contribution is 2.34. The van der Waals surface area contributed by atoms with Crippen LogP contribution in [0.25, 0.3) is 0 Å². The first kappa shape index (κ1) is 15.0. The molecule has 1 atom stereocenters. The van der Waals surface area contributed by atoms with Gasteiger partial charge in [0.05, 0.1) is 12.8 Å². The zero-order valence-electron chi connectivity index (χ0n) is 12.3. The lowest BCUT2D eigenvalue weighted by Crippen LogP contribution is -2.33. The van der Waals surface area contributed by atoms with Crippen molar-refractivity contribution in [3.63, 3.8) is 0 Å². The molecule has 1 N–H and O–H groups in total. The van der Waals surface area contributed by atoms with Gasteiger partial charge in [-0.2, -0.15) is 0 Å². The van der Waals surface area contributed by atoms with Crippen LogP contribution in [-0.4, -0.2) is 26.6 Å². The number of ether oxygens (including phenoxy) is 1. The van der Waals surface area contributed by atoms with E-state index in [2.05, 4.69) is 21.8 Å². The summed E-state index contributed by atoms with van der Waals surface area (Å²) in [6.45, 7) is 2.76. The predicted molar refractivity (Wildman–Crippen MR) is 83.5 cm³/mol. The fraction of sp³-hybridized carbons (Fsp3) is 0.312. The minimum absolute atomic E-state index is 0.156.